The lowest BCUT2D eigenvalue weighted by Crippen LogP contribution is -1.66. The summed E-state index contributed by atoms with van der Waals surface area (Å²) in [6.45, 7) is 0. The van der Waals surface area contributed by atoms with E-state index in [2.05, 4.69) is 27.6 Å². The highest BCUT2D eigenvalue weighted by molar-refractivity contribution is 14.1. The zero-order valence-electron chi connectivity index (χ0n) is 3.60. The van der Waals surface area contributed by atoms with Gasteiger partial charge in [0.15, 0.2) is 0 Å². The van der Waals surface area contributed by atoms with Crippen LogP contribution in [-0.2, 0) is 4.43 Å². The first-order chi connectivity index (χ1) is 3.43. The second-order valence-corrected chi connectivity index (χ2v) is 2.80. The fraction of sp³-hybridized carbons (Fsp3) is 0.250. The van der Waals surface area contributed by atoms with Crippen LogP contribution in [0.25, 0.3) is 0 Å². The van der Waals surface area contributed by atoms with Crippen molar-refractivity contribution in [3.8, 4) is 0 Å². The minimum Gasteiger partial charge on any atom is -0.249 e. The minimum atomic E-state index is 1.04. The summed E-state index contributed by atoms with van der Waals surface area (Å²) in [7, 11) is 0. The lowest BCUT2D eigenvalue weighted by atomic mass is 10.8. The highest BCUT2D eigenvalue weighted by Crippen LogP contribution is 2.07. The van der Waals surface area contributed by atoms with E-state index in [1.54, 1.807) is 11.3 Å². The van der Waals surface area contributed by atoms with Crippen LogP contribution in [0.4, 0.5) is 0 Å². The average molecular weight is 225 g/mol. The fourth-order valence-electron chi connectivity index (χ4n) is 0.319. The molecule has 0 spiro atoms. The first-order valence-electron chi connectivity index (χ1n) is 1.88. The van der Waals surface area contributed by atoms with Crippen molar-refractivity contribution in [2.45, 2.75) is 4.43 Å². The van der Waals surface area contributed by atoms with E-state index in [0.717, 1.165) is 4.43 Å². The summed E-state index contributed by atoms with van der Waals surface area (Å²) in [5.41, 5.74) is 0. The van der Waals surface area contributed by atoms with Gasteiger partial charge in [0.25, 0.3) is 0 Å². The Labute approximate surface area is 59.9 Å². The number of nitrogens with zero attached hydrogens (tertiary/aromatic N) is 1. The minimum absolute atomic E-state index is 1.04. The maximum atomic E-state index is 4.05. The Hall–Kier alpha value is 0.360. The third-order valence-electron chi connectivity index (χ3n) is 0.598. The maximum Gasteiger partial charge on any atom is 0.102 e. The molecule has 0 atom stereocenters. The zero-order valence-corrected chi connectivity index (χ0v) is 6.57. The number of hydrogen-bond acceptors (Lipinski definition) is 2. The second-order valence-electron chi connectivity index (χ2n) is 1.06. The van der Waals surface area contributed by atoms with Crippen molar-refractivity contribution < 1.29 is 0 Å². The van der Waals surface area contributed by atoms with Crippen LogP contribution >= 0.6 is 33.9 Å². The molecule has 0 amide bonds. The Morgan fingerprint density at radius 1 is 1.86 bits per heavy atom. The first-order valence-corrected chi connectivity index (χ1v) is 4.28. The van der Waals surface area contributed by atoms with Crippen LogP contribution < -0.4 is 0 Å². The third kappa shape index (κ3) is 1.38. The summed E-state index contributed by atoms with van der Waals surface area (Å²) in [6.07, 6.45) is 1.83. The molecule has 7 heavy (non-hydrogen) atoms. The number of hydrogen-bond donors (Lipinski definition) is 0. The van der Waals surface area contributed by atoms with Crippen LogP contribution in [0.3, 0.4) is 0 Å². The van der Waals surface area contributed by atoms with E-state index < -0.39 is 0 Å². The van der Waals surface area contributed by atoms with E-state index in [1.807, 2.05) is 11.6 Å². The molecule has 0 fully saturated rings. The molecular weight excluding hydrogens is 221 g/mol. The Morgan fingerprint density at radius 3 is 3.00 bits per heavy atom. The SMILES string of the molecule is ICc1nccs1. The molecule has 0 N–H and O–H groups in total. The van der Waals surface area contributed by atoms with Crippen LogP contribution in [-0.4, -0.2) is 4.98 Å². The molecule has 0 unspecified atom stereocenters. The van der Waals surface area contributed by atoms with Gasteiger partial charge in [-0.1, -0.05) is 22.6 Å². The van der Waals surface area contributed by atoms with E-state index in [4.69, 9.17) is 0 Å². The van der Waals surface area contributed by atoms with Gasteiger partial charge in [0.2, 0.25) is 0 Å². The van der Waals surface area contributed by atoms with Gasteiger partial charge >= 0.3 is 0 Å². The van der Waals surface area contributed by atoms with E-state index >= 15 is 0 Å². The van der Waals surface area contributed by atoms with Crippen molar-refractivity contribution in [2.75, 3.05) is 0 Å². The lowest BCUT2D eigenvalue weighted by Gasteiger charge is -1.75. The van der Waals surface area contributed by atoms with Gasteiger partial charge in [0, 0.05) is 11.6 Å². The monoisotopic (exact) mass is 225 g/mol. The molecule has 0 aliphatic rings. The molecule has 0 aliphatic carbocycles. The lowest BCUT2D eigenvalue weighted by molar-refractivity contribution is 1.29. The molecule has 0 saturated heterocycles. The number of rotatable bonds is 1. The number of aromatic nitrogens is 1. The number of alkyl halides is 1. The molecule has 1 aromatic rings. The predicted molar refractivity (Wildman–Crippen MR) is 39.8 cm³/mol. The van der Waals surface area contributed by atoms with Crippen LogP contribution in [0, 0.1) is 0 Å². The van der Waals surface area contributed by atoms with Gasteiger partial charge in [0.1, 0.15) is 5.01 Å². The Balaban J connectivity index is 2.76. The number of thiazole rings is 1. The molecule has 3 heteroatoms. The quantitative estimate of drug-likeness (QED) is 0.526. The smallest absolute Gasteiger partial charge is 0.102 e. The molecule has 1 heterocycles. The molecule has 0 aliphatic heterocycles. The van der Waals surface area contributed by atoms with E-state index in [9.17, 15) is 0 Å². The summed E-state index contributed by atoms with van der Waals surface area (Å²) in [4.78, 5) is 4.05. The molecule has 0 saturated carbocycles. The Kier molecular flexibility index (Phi) is 2.05. The van der Waals surface area contributed by atoms with Crippen LogP contribution in [0.5, 0.6) is 0 Å². The molecule has 0 bridgehead atoms. The Bertz CT molecular complexity index is 126. The van der Waals surface area contributed by atoms with Gasteiger partial charge < -0.3 is 0 Å². The van der Waals surface area contributed by atoms with Gasteiger partial charge in [-0.2, -0.15) is 0 Å². The molecule has 1 rings (SSSR count). The molecule has 1 nitrogen and oxygen atoms in total. The van der Waals surface area contributed by atoms with Crippen LogP contribution in [0.2, 0.25) is 0 Å². The van der Waals surface area contributed by atoms with Crippen LogP contribution in [0.15, 0.2) is 11.6 Å². The van der Waals surface area contributed by atoms with Crippen molar-refractivity contribution in [2.24, 2.45) is 0 Å². The molecular formula is C4H4INS. The summed E-state index contributed by atoms with van der Waals surface area (Å²) in [6, 6.07) is 0. The molecule has 38 valence electrons. The van der Waals surface area contributed by atoms with Crippen molar-refractivity contribution >= 4 is 33.9 Å². The van der Waals surface area contributed by atoms with Crippen LogP contribution in [0.1, 0.15) is 5.01 Å². The standard InChI is InChI=1S/C4H4INS/c5-3-4-6-1-2-7-4/h1-2H,3H2. The zero-order chi connectivity index (χ0) is 5.11. The molecule has 1 aromatic heterocycles. The van der Waals surface area contributed by atoms with Gasteiger partial charge in [-0.25, -0.2) is 4.98 Å². The van der Waals surface area contributed by atoms with Gasteiger partial charge in [-0.3, -0.25) is 0 Å². The summed E-state index contributed by atoms with van der Waals surface area (Å²) < 4.78 is 1.04. The van der Waals surface area contributed by atoms with Gasteiger partial charge in [0.05, 0.1) is 4.43 Å². The van der Waals surface area contributed by atoms with E-state index in [0.29, 0.717) is 0 Å². The molecule has 0 radical (unpaired) electrons. The van der Waals surface area contributed by atoms with Gasteiger partial charge in [-0.15, -0.1) is 11.3 Å². The summed E-state index contributed by atoms with van der Waals surface area (Å²) in [5.74, 6) is 0. The highest BCUT2D eigenvalue weighted by Gasteiger charge is 1.85. The van der Waals surface area contributed by atoms with Crippen molar-refractivity contribution in [3.63, 3.8) is 0 Å². The third-order valence-corrected chi connectivity index (χ3v) is 2.62. The van der Waals surface area contributed by atoms with E-state index in [1.165, 1.54) is 5.01 Å². The summed E-state index contributed by atoms with van der Waals surface area (Å²) in [5, 5.41) is 3.20. The average Bonchev–Trinajstić information content (AvgIpc) is 2.14. The second kappa shape index (κ2) is 2.61. The normalized spacial score (nSPS) is 9.29. The van der Waals surface area contributed by atoms with Crippen molar-refractivity contribution in [1.29, 1.82) is 0 Å². The fourth-order valence-corrected chi connectivity index (χ4v) is 1.52. The first kappa shape index (κ1) is 5.50. The summed E-state index contributed by atoms with van der Waals surface area (Å²) >= 11 is 4.00. The maximum absolute atomic E-state index is 4.05. The molecule has 0 aromatic carbocycles. The predicted octanol–water partition coefficient (Wildman–Crippen LogP) is 2.08. The highest BCUT2D eigenvalue weighted by atomic mass is 127. The van der Waals surface area contributed by atoms with Crippen molar-refractivity contribution in [3.05, 3.63) is 16.6 Å². The van der Waals surface area contributed by atoms with Gasteiger partial charge in [-0.05, 0) is 0 Å². The topological polar surface area (TPSA) is 12.9 Å². The van der Waals surface area contributed by atoms with Crippen molar-refractivity contribution in [1.82, 2.24) is 4.98 Å². The Morgan fingerprint density at radius 2 is 2.71 bits per heavy atom. The number of halogens is 1. The largest absolute Gasteiger partial charge is 0.249 e. The van der Waals surface area contributed by atoms with E-state index in [-0.39, 0.29) is 0 Å².